The van der Waals surface area contributed by atoms with Crippen molar-refractivity contribution in [3.05, 3.63) is 59.7 Å². The van der Waals surface area contributed by atoms with Gasteiger partial charge in [-0.3, -0.25) is 14.5 Å². The zero-order valence-electron chi connectivity index (χ0n) is 16.0. The highest BCUT2D eigenvalue weighted by atomic mass is 16.3. The Balaban J connectivity index is 1.77. The van der Waals surface area contributed by atoms with Gasteiger partial charge in [0.1, 0.15) is 11.8 Å². The third kappa shape index (κ3) is 2.40. The van der Waals surface area contributed by atoms with Gasteiger partial charge < -0.3 is 15.1 Å². The van der Waals surface area contributed by atoms with Gasteiger partial charge in [-0.05, 0) is 51.0 Å². The van der Waals surface area contributed by atoms with Gasteiger partial charge in [0.25, 0.3) is 5.91 Å². The zero-order chi connectivity index (χ0) is 19.5. The van der Waals surface area contributed by atoms with Crippen LogP contribution < -0.4 is 15.5 Å². The second kappa shape index (κ2) is 5.99. The first-order chi connectivity index (χ1) is 13.5. The van der Waals surface area contributed by atoms with Crippen LogP contribution in [0.5, 0.6) is 0 Å². The van der Waals surface area contributed by atoms with Gasteiger partial charge in [-0.1, -0.05) is 18.6 Å². The Morgan fingerprint density at radius 1 is 1.18 bits per heavy atom. The Hall–Kier alpha value is -3.02. The largest absolute Gasteiger partial charge is 0.467 e. The number of hydrogen-bond acceptors (Lipinski definition) is 4. The molecule has 1 fully saturated rings. The van der Waals surface area contributed by atoms with E-state index in [2.05, 4.69) is 10.6 Å². The Labute approximate surface area is 163 Å². The van der Waals surface area contributed by atoms with Crippen molar-refractivity contribution in [1.82, 2.24) is 5.32 Å². The smallest absolute Gasteiger partial charge is 0.252 e. The number of nitrogens with zero attached hydrogens (tertiary/aromatic N) is 1. The van der Waals surface area contributed by atoms with E-state index in [9.17, 15) is 9.59 Å². The standard InChI is InChI=1S/C22H23N3O3/c1-22(2)19-17(20(26)24-22)18(16-11-6-12-28-16)25(21(27)13-7-5-8-13)15-10-4-3-9-14(15)23-19/h3-4,6,9-13,18,23H,5,7-8H2,1-2H3,(H,24,26). The summed E-state index contributed by atoms with van der Waals surface area (Å²) in [6.07, 6.45) is 4.43. The second-order valence-corrected chi connectivity index (χ2v) is 8.26. The Morgan fingerprint density at radius 3 is 2.64 bits per heavy atom. The molecule has 3 aliphatic rings. The van der Waals surface area contributed by atoms with Gasteiger partial charge in [-0.2, -0.15) is 0 Å². The molecule has 144 valence electrons. The van der Waals surface area contributed by atoms with Crippen molar-refractivity contribution in [2.24, 2.45) is 5.92 Å². The van der Waals surface area contributed by atoms with Crippen LogP contribution in [0.15, 0.2) is 58.3 Å². The van der Waals surface area contributed by atoms with E-state index >= 15 is 0 Å². The van der Waals surface area contributed by atoms with E-state index in [1.165, 1.54) is 0 Å². The van der Waals surface area contributed by atoms with Crippen LogP contribution in [0.3, 0.4) is 0 Å². The summed E-state index contributed by atoms with van der Waals surface area (Å²) < 4.78 is 5.74. The molecule has 2 aliphatic heterocycles. The van der Waals surface area contributed by atoms with Crippen LogP contribution in [0.25, 0.3) is 0 Å². The normalized spacial score (nSPS) is 23.3. The fraction of sp³-hybridized carbons (Fsp3) is 0.364. The van der Waals surface area contributed by atoms with E-state index in [0.717, 1.165) is 36.3 Å². The lowest BCUT2D eigenvalue weighted by atomic mass is 9.83. The van der Waals surface area contributed by atoms with E-state index in [-0.39, 0.29) is 17.7 Å². The number of nitrogens with one attached hydrogen (secondary N) is 2. The molecule has 5 rings (SSSR count). The molecule has 0 bridgehead atoms. The summed E-state index contributed by atoms with van der Waals surface area (Å²) in [5, 5.41) is 6.50. The van der Waals surface area contributed by atoms with Crippen molar-refractivity contribution in [2.75, 3.05) is 10.2 Å². The molecule has 0 saturated heterocycles. The molecule has 1 unspecified atom stereocenters. The van der Waals surface area contributed by atoms with Gasteiger partial charge in [0, 0.05) is 5.92 Å². The number of furan rings is 1. The van der Waals surface area contributed by atoms with E-state index in [1.807, 2.05) is 44.2 Å². The predicted octanol–water partition coefficient (Wildman–Crippen LogP) is 3.74. The molecule has 2 aromatic rings. The van der Waals surface area contributed by atoms with Crippen LogP contribution in [-0.2, 0) is 9.59 Å². The van der Waals surface area contributed by atoms with Crippen molar-refractivity contribution in [2.45, 2.75) is 44.7 Å². The summed E-state index contributed by atoms with van der Waals surface area (Å²) >= 11 is 0. The minimum Gasteiger partial charge on any atom is -0.467 e. The van der Waals surface area contributed by atoms with Crippen molar-refractivity contribution in [3.63, 3.8) is 0 Å². The highest BCUT2D eigenvalue weighted by Gasteiger charge is 2.49. The lowest BCUT2D eigenvalue weighted by molar-refractivity contribution is -0.125. The minimum absolute atomic E-state index is 0.00913. The molecular weight excluding hydrogens is 354 g/mol. The first-order valence-corrected chi connectivity index (χ1v) is 9.77. The molecule has 6 heteroatoms. The van der Waals surface area contributed by atoms with Gasteiger partial charge in [0.15, 0.2) is 0 Å². The maximum Gasteiger partial charge on any atom is 0.252 e. The highest BCUT2D eigenvalue weighted by Crippen LogP contribution is 2.47. The monoisotopic (exact) mass is 377 g/mol. The number of hydrogen-bond donors (Lipinski definition) is 2. The van der Waals surface area contributed by atoms with Crippen molar-refractivity contribution < 1.29 is 14.0 Å². The fourth-order valence-corrected chi connectivity index (χ4v) is 4.35. The van der Waals surface area contributed by atoms with Crippen LogP contribution in [0.1, 0.15) is 44.9 Å². The lowest BCUT2D eigenvalue weighted by Gasteiger charge is -2.36. The molecule has 1 atom stereocenters. The number of fused-ring (bicyclic) bond motifs is 1. The van der Waals surface area contributed by atoms with Crippen LogP contribution in [0.4, 0.5) is 11.4 Å². The number of rotatable bonds is 2. The lowest BCUT2D eigenvalue weighted by Crippen LogP contribution is -2.44. The van der Waals surface area contributed by atoms with E-state index in [1.54, 1.807) is 17.2 Å². The van der Waals surface area contributed by atoms with Crippen LogP contribution in [0.2, 0.25) is 0 Å². The van der Waals surface area contributed by atoms with Gasteiger partial charge in [0.2, 0.25) is 5.91 Å². The SMILES string of the molecule is CC1(C)NC(=O)C2=C1Nc1ccccc1N(C(=O)C1CCC1)C2c1ccco1. The Bertz CT molecular complexity index is 986. The average molecular weight is 377 g/mol. The van der Waals surface area contributed by atoms with Gasteiger partial charge in [0.05, 0.1) is 34.4 Å². The summed E-state index contributed by atoms with van der Waals surface area (Å²) in [6.45, 7) is 3.93. The topological polar surface area (TPSA) is 74.6 Å². The Kier molecular flexibility index (Phi) is 3.66. The third-order valence-corrected chi connectivity index (χ3v) is 6.02. The number of anilines is 2. The maximum atomic E-state index is 13.6. The molecule has 1 saturated carbocycles. The highest BCUT2D eigenvalue weighted by molar-refractivity contribution is 6.07. The van der Waals surface area contributed by atoms with Crippen LogP contribution >= 0.6 is 0 Å². The maximum absolute atomic E-state index is 13.6. The first kappa shape index (κ1) is 17.1. The van der Waals surface area contributed by atoms with Crippen LogP contribution in [-0.4, -0.2) is 17.4 Å². The first-order valence-electron chi connectivity index (χ1n) is 9.77. The number of benzene rings is 1. The van der Waals surface area contributed by atoms with E-state index < -0.39 is 11.6 Å². The van der Waals surface area contributed by atoms with Gasteiger partial charge in [-0.15, -0.1) is 0 Å². The van der Waals surface area contributed by atoms with Crippen molar-refractivity contribution in [3.8, 4) is 0 Å². The zero-order valence-corrected chi connectivity index (χ0v) is 16.0. The van der Waals surface area contributed by atoms with Crippen molar-refractivity contribution in [1.29, 1.82) is 0 Å². The average Bonchev–Trinajstić information content (AvgIpc) is 3.15. The third-order valence-electron chi connectivity index (χ3n) is 6.02. The van der Waals surface area contributed by atoms with Gasteiger partial charge in [-0.25, -0.2) is 0 Å². The van der Waals surface area contributed by atoms with E-state index in [0.29, 0.717) is 11.3 Å². The predicted molar refractivity (Wildman–Crippen MR) is 106 cm³/mol. The summed E-state index contributed by atoms with van der Waals surface area (Å²) in [5.41, 5.74) is 2.36. The molecule has 2 N–H and O–H groups in total. The molecule has 6 nitrogen and oxygen atoms in total. The second-order valence-electron chi connectivity index (χ2n) is 8.26. The molecule has 2 amide bonds. The summed E-state index contributed by atoms with van der Waals surface area (Å²) in [6, 6.07) is 10.8. The minimum atomic E-state index is -0.601. The molecule has 0 spiro atoms. The van der Waals surface area contributed by atoms with E-state index in [4.69, 9.17) is 4.42 Å². The van der Waals surface area contributed by atoms with Crippen molar-refractivity contribution >= 4 is 23.2 Å². The number of carbonyl (C=O) groups is 2. The summed E-state index contributed by atoms with van der Waals surface area (Å²) in [4.78, 5) is 28.4. The number of carbonyl (C=O) groups excluding carboxylic acids is 2. The summed E-state index contributed by atoms with van der Waals surface area (Å²) in [5.74, 6) is 0.456. The fourth-order valence-electron chi connectivity index (χ4n) is 4.35. The Morgan fingerprint density at radius 2 is 1.96 bits per heavy atom. The molecule has 1 aromatic heterocycles. The molecule has 28 heavy (non-hydrogen) atoms. The molecular formula is C22H23N3O3. The number of amides is 2. The molecule has 0 radical (unpaired) electrons. The molecule has 3 heterocycles. The number of para-hydroxylation sites is 2. The molecule has 1 aliphatic carbocycles. The van der Waals surface area contributed by atoms with Gasteiger partial charge >= 0.3 is 0 Å². The molecule has 1 aromatic carbocycles. The van der Waals surface area contributed by atoms with Crippen LogP contribution in [0, 0.1) is 5.92 Å². The quantitative estimate of drug-likeness (QED) is 0.836. The summed E-state index contributed by atoms with van der Waals surface area (Å²) in [7, 11) is 0.